The number of amides is 1. The van der Waals surface area contributed by atoms with Crippen LogP contribution in [0, 0.1) is 0 Å². The molecule has 2 aromatic heterocycles. The smallest absolute Gasteiger partial charge is 0.267 e. The zero-order valence-corrected chi connectivity index (χ0v) is 23.8. The monoisotopic (exact) mass is 574 g/mol. The number of carbonyl (C=O) groups is 1. The van der Waals surface area contributed by atoms with Gasteiger partial charge in [0.1, 0.15) is 4.83 Å². The van der Waals surface area contributed by atoms with E-state index in [-0.39, 0.29) is 17.2 Å². The maximum absolute atomic E-state index is 13.9. The Kier molecular flexibility index (Phi) is 6.86. The molecule has 4 aromatic carbocycles. The summed E-state index contributed by atoms with van der Waals surface area (Å²) in [6.07, 6.45) is 5.86. The minimum absolute atomic E-state index is 0.0654. The quantitative estimate of drug-likeness (QED) is 0.0774. The molecule has 2 heterocycles. The highest BCUT2D eigenvalue weighted by Gasteiger charge is 2.23. The fourth-order valence-corrected chi connectivity index (χ4v) is 7.71. The van der Waals surface area contributed by atoms with E-state index in [0.717, 1.165) is 74.3 Å². The van der Waals surface area contributed by atoms with Gasteiger partial charge in [-0.3, -0.25) is 14.2 Å². The van der Waals surface area contributed by atoms with Gasteiger partial charge in [0.25, 0.3) is 11.5 Å². The Morgan fingerprint density at radius 1 is 0.951 bits per heavy atom. The molecule has 7 rings (SSSR count). The van der Waals surface area contributed by atoms with Crippen LogP contribution in [0.5, 0.6) is 0 Å². The number of nitrogens with one attached hydrogen (secondary N) is 1. The first-order valence-electron chi connectivity index (χ1n) is 13.7. The molecule has 202 valence electrons. The number of hydrogen-bond acceptors (Lipinski definition) is 6. The van der Waals surface area contributed by atoms with Crippen molar-refractivity contribution in [1.29, 1.82) is 0 Å². The van der Waals surface area contributed by atoms with Crippen LogP contribution < -0.4 is 11.0 Å². The van der Waals surface area contributed by atoms with Gasteiger partial charge < -0.3 is 0 Å². The standard InChI is InChI=1S/C33H26N4O2S2/c38-29(36-34-19-27-24-14-6-4-10-21(24)18-22-11-5-7-15-25(22)27)20-40-33-35-31-30(26-16-8-9-17-28(26)41-31)32(39)37(33)23-12-2-1-3-13-23/h1-7,10-15,18-19H,8-9,16-17,20H2,(H,36,38)/b34-19+. The number of aryl methyl sites for hydroxylation is 2. The second-order valence-electron chi connectivity index (χ2n) is 10.1. The summed E-state index contributed by atoms with van der Waals surface area (Å²) in [6.45, 7) is 0. The molecule has 0 saturated heterocycles. The van der Waals surface area contributed by atoms with Gasteiger partial charge in [0.15, 0.2) is 5.16 Å². The molecule has 0 saturated carbocycles. The molecular weight excluding hydrogens is 549 g/mol. The van der Waals surface area contributed by atoms with Crippen LogP contribution >= 0.6 is 23.1 Å². The zero-order valence-electron chi connectivity index (χ0n) is 22.2. The average molecular weight is 575 g/mol. The lowest BCUT2D eigenvalue weighted by atomic mass is 9.97. The first kappa shape index (κ1) is 25.7. The molecule has 0 atom stereocenters. The molecule has 0 aliphatic heterocycles. The topological polar surface area (TPSA) is 76.3 Å². The van der Waals surface area contributed by atoms with Gasteiger partial charge in [-0.25, -0.2) is 10.4 Å². The SMILES string of the molecule is O=C(CSc1nc2sc3c(c2c(=O)n1-c1ccccc1)CCCC3)N/N=C/c1c2ccccc2cc2ccccc12. The third kappa shape index (κ3) is 4.83. The Morgan fingerprint density at radius 3 is 2.39 bits per heavy atom. The van der Waals surface area contributed by atoms with Crippen molar-refractivity contribution in [2.24, 2.45) is 5.10 Å². The van der Waals surface area contributed by atoms with Crippen molar-refractivity contribution < 1.29 is 4.79 Å². The molecule has 41 heavy (non-hydrogen) atoms. The van der Waals surface area contributed by atoms with E-state index < -0.39 is 0 Å². The number of fused-ring (bicyclic) bond motifs is 5. The van der Waals surface area contributed by atoms with E-state index in [9.17, 15) is 9.59 Å². The van der Waals surface area contributed by atoms with Gasteiger partial charge in [-0.15, -0.1) is 11.3 Å². The Bertz CT molecular complexity index is 1970. The van der Waals surface area contributed by atoms with E-state index in [1.807, 2.05) is 54.6 Å². The summed E-state index contributed by atoms with van der Waals surface area (Å²) in [5.41, 5.74) is 5.47. The van der Waals surface area contributed by atoms with Crippen LogP contribution in [-0.2, 0) is 17.6 Å². The van der Waals surface area contributed by atoms with Gasteiger partial charge >= 0.3 is 0 Å². The van der Waals surface area contributed by atoms with Crippen LogP contribution in [0.15, 0.2) is 100.0 Å². The summed E-state index contributed by atoms with van der Waals surface area (Å²) in [5.74, 6) is -0.195. The van der Waals surface area contributed by atoms with Crippen molar-refractivity contribution in [1.82, 2.24) is 15.0 Å². The van der Waals surface area contributed by atoms with E-state index in [1.165, 1.54) is 16.6 Å². The second kappa shape index (κ2) is 11.0. The third-order valence-electron chi connectivity index (χ3n) is 7.50. The van der Waals surface area contributed by atoms with Crippen LogP contribution in [0.2, 0.25) is 0 Å². The fourth-order valence-electron chi connectivity index (χ4n) is 5.61. The molecule has 1 N–H and O–H groups in total. The molecule has 1 aliphatic carbocycles. The second-order valence-corrected chi connectivity index (χ2v) is 12.1. The van der Waals surface area contributed by atoms with E-state index in [4.69, 9.17) is 4.98 Å². The van der Waals surface area contributed by atoms with Gasteiger partial charge in [0.2, 0.25) is 0 Å². The number of rotatable bonds is 6. The minimum Gasteiger partial charge on any atom is -0.272 e. The van der Waals surface area contributed by atoms with E-state index >= 15 is 0 Å². The van der Waals surface area contributed by atoms with Crippen molar-refractivity contribution in [2.75, 3.05) is 5.75 Å². The normalized spacial score (nSPS) is 13.3. The predicted octanol–water partition coefficient (Wildman–Crippen LogP) is 6.87. The molecule has 6 nitrogen and oxygen atoms in total. The van der Waals surface area contributed by atoms with Gasteiger partial charge in [0, 0.05) is 10.4 Å². The molecule has 8 heteroatoms. The van der Waals surface area contributed by atoms with Crippen LogP contribution in [0.1, 0.15) is 28.8 Å². The van der Waals surface area contributed by atoms with Crippen molar-refractivity contribution in [3.05, 3.63) is 111 Å². The number of nitrogens with zero attached hydrogens (tertiary/aromatic N) is 3. The lowest BCUT2D eigenvalue weighted by Gasteiger charge is -2.13. The van der Waals surface area contributed by atoms with Crippen molar-refractivity contribution in [3.8, 4) is 5.69 Å². The number of para-hydroxylation sites is 1. The van der Waals surface area contributed by atoms with Crippen molar-refractivity contribution >= 4 is 67.0 Å². The number of carbonyl (C=O) groups excluding carboxylic acids is 1. The number of benzene rings is 4. The molecule has 0 spiro atoms. The number of aromatic nitrogens is 2. The van der Waals surface area contributed by atoms with Gasteiger partial charge in [-0.05, 0) is 71.0 Å². The molecule has 1 amide bonds. The summed E-state index contributed by atoms with van der Waals surface area (Å²) in [6, 6.07) is 28.0. The highest BCUT2D eigenvalue weighted by atomic mass is 32.2. The summed E-state index contributed by atoms with van der Waals surface area (Å²) >= 11 is 2.87. The summed E-state index contributed by atoms with van der Waals surface area (Å²) in [5, 5.41) is 9.93. The molecule has 1 aliphatic rings. The van der Waals surface area contributed by atoms with E-state index in [2.05, 4.69) is 40.9 Å². The molecule has 0 unspecified atom stereocenters. The number of thiophene rings is 1. The van der Waals surface area contributed by atoms with Crippen LogP contribution in [0.4, 0.5) is 0 Å². The van der Waals surface area contributed by atoms with Crippen LogP contribution in [-0.4, -0.2) is 27.4 Å². The fraction of sp³-hybridized carbons (Fsp3) is 0.152. The van der Waals surface area contributed by atoms with Crippen molar-refractivity contribution in [2.45, 2.75) is 30.8 Å². The van der Waals surface area contributed by atoms with Gasteiger partial charge in [0.05, 0.1) is 23.0 Å². The Labute approximate surface area is 244 Å². The molecular formula is C33H26N4O2S2. The first-order valence-corrected chi connectivity index (χ1v) is 15.5. The largest absolute Gasteiger partial charge is 0.272 e. The molecule has 6 aromatic rings. The van der Waals surface area contributed by atoms with Crippen LogP contribution in [0.3, 0.4) is 0 Å². The zero-order chi connectivity index (χ0) is 27.8. The Morgan fingerprint density at radius 2 is 1.63 bits per heavy atom. The molecule has 0 bridgehead atoms. The highest BCUT2D eigenvalue weighted by molar-refractivity contribution is 7.99. The van der Waals surface area contributed by atoms with Crippen molar-refractivity contribution in [3.63, 3.8) is 0 Å². The predicted molar refractivity (Wildman–Crippen MR) is 170 cm³/mol. The maximum Gasteiger partial charge on any atom is 0.267 e. The van der Waals surface area contributed by atoms with Gasteiger partial charge in [-0.1, -0.05) is 78.5 Å². The lowest BCUT2D eigenvalue weighted by Crippen LogP contribution is -2.24. The minimum atomic E-state index is -0.268. The number of thioether (sulfide) groups is 1. The molecule has 0 radical (unpaired) electrons. The summed E-state index contributed by atoms with van der Waals surface area (Å²) in [7, 11) is 0. The van der Waals surface area contributed by atoms with Gasteiger partial charge in [-0.2, -0.15) is 5.10 Å². The van der Waals surface area contributed by atoms with E-state index in [0.29, 0.717) is 5.16 Å². The van der Waals surface area contributed by atoms with Crippen LogP contribution in [0.25, 0.3) is 37.4 Å². The van der Waals surface area contributed by atoms with E-state index in [1.54, 1.807) is 22.1 Å². The average Bonchev–Trinajstić information content (AvgIpc) is 3.39. The number of hydrogen-bond donors (Lipinski definition) is 1. The number of hydrazone groups is 1. The maximum atomic E-state index is 13.9. The third-order valence-corrected chi connectivity index (χ3v) is 9.63. The Hall–Kier alpha value is -4.27. The lowest BCUT2D eigenvalue weighted by molar-refractivity contribution is -0.118. The highest BCUT2D eigenvalue weighted by Crippen LogP contribution is 2.35. The summed E-state index contributed by atoms with van der Waals surface area (Å²) in [4.78, 5) is 33.7. The molecule has 0 fully saturated rings. The summed E-state index contributed by atoms with van der Waals surface area (Å²) < 4.78 is 1.65. The Balaban J connectivity index is 1.17. The first-order chi connectivity index (χ1) is 20.2.